The van der Waals surface area contributed by atoms with Crippen molar-refractivity contribution in [2.75, 3.05) is 24.7 Å². The molecule has 0 aliphatic carbocycles. The zero-order valence-corrected chi connectivity index (χ0v) is 13.8. The van der Waals surface area contributed by atoms with E-state index >= 15 is 0 Å². The molecule has 0 saturated heterocycles. The summed E-state index contributed by atoms with van der Waals surface area (Å²) in [5.74, 6) is 0.296. The summed E-state index contributed by atoms with van der Waals surface area (Å²) < 4.78 is 4.90. The first-order valence-electron chi connectivity index (χ1n) is 7.05. The second-order valence-electron chi connectivity index (χ2n) is 4.71. The van der Waals surface area contributed by atoms with Crippen LogP contribution in [0.2, 0.25) is 0 Å². The Morgan fingerprint density at radius 3 is 2.70 bits per heavy atom. The average molecular weight is 330 g/mol. The Labute approximate surface area is 140 Å². The minimum absolute atomic E-state index is 0.183. The fourth-order valence-corrected chi connectivity index (χ4v) is 2.05. The molecule has 0 aliphatic heterocycles. The van der Waals surface area contributed by atoms with Crippen molar-refractivity contribution < 1.29 is 9.53 Å². The van der Waals surface area contributed by atoms with Crippen LogP contribution in [0.5, 0.6) is 0 Å². The Hall–Kier alpha value is -2.67. The number of benzene rings is 1. The summed E-state index contributed by atoms with van der Waals surface area (Å²) in [7, 11) is 1.53. The number of anilines is 2. The van der Waals surface area contributed by atoms with Crippen LogP contribution in [0, 0.1) is 0 Å². The number of amides is 1. The molecule has 1 heterocycles. The third kappa shape index (κ3) is 4.17. The quantitative estimate of drug-likeness (QED) is 0.842. The fourth-order valence-electron chi connectivity index (χ4n) is 1.87. The van der Waals surface area contributed by atoms with Crippen LogP contribution in [0.4, 0.5) is 16.3 Å². The van der Waals surface area contributed by atoms with Gasteiger partial charge < -0.3 is 15.8 Å². The Kier molecular flexibility index (Phi) is 5.48. The van der Waals surface area contributed by atoms with Crippen LogP contribution in [0.3, 0.4) is 0 Å². The van der Waals surface area contributed by atoms with Gasteiger partial charge in [-0.15, -0.1) is 0 Å². The molecule has 0 saturated carbocycles. The van der Waals surface area contributed by atoms with Crippen LogP contribution in [0.15, 0.2) is 42.6 Å². The molecule has 120 valence electrons. The Bertz CT molecular complexity index is 706. The number of carbonyl (C=O) groups is 1. The largest absolute Gasteiger partial charge is 0.449 e. The first kappa shape index (κ1) is 16.7. The molecular weight excluding hydrogens is 312 g/mol. The van der Waals surface area contributed by atoms with Crippen molar-refractivity contribution in [2.45, 2.75) is 6.92 Å². The lowest BCUT2D eigenvalue weighted by atomic mass is 10.1. The monoisotopic (exact) mass is 330 g/mol. The normalized spacial score (nSPS) is 10.0. The van der Waals surface area contributed by atoms with Gasteiger partial charge in [0.1, 0.15) is 5.82 Å². The maximum Gasteiger partial charge on any atom is 0.415 e. The lowest BCUT2D eigenvalue weighted by Gasteiger charge is -2.19. The van der Waals surface area contributed by atoms with Crippen LogP contribution in [-0.2, 0) is 4.74 Å². The summed E-state index contributed by atoms with van der Waals surface area (Å²) in [5.41, 5.74) is 8.32. The molecule has 2 rings (SSSR count). The number of hydrogen-bond acceptors (Lipinski definition) is 5. The molecule has 0 bridgehead atoms. The van der Waals surface area contributed by atoms with E-state index in [0.29, 0.717) is 11.5 Å². The fraction of sp³-hybridized carbons (Fsp3) is 0.188. The number of nitrogen functional groups attached to an aromatic ring is 1. The van der Waals surface area contributed by atoms with Crippen molar-refractivity contribution in [3.8, 4) is 11.1 Å². The van der Waals surface area contributed by atoms with Crippen LogP contribution in [0.1, 0.15) is 6.92 Å². The smallest absolute Gasteiger partial charge is 0.415 e. The first-order chi connectivity index (χ1) is 11.0. The van der Waals surface area contributed by atoms with E-state index < -0.39 is 6.09 Å². The number of nitrogens with zero attached hydrogens (tertiary/aromatic N) is 2. The first-order valence-corrected chi connectivity index (χ1v) is 7.46. The molecule has 1 amide bonds. The predicted octanol–water partition coefficient (Wildman–Crippen LogP) is 3.12. The van der Waals surface area contributed by atoms with Gasteiger partial charge in [0.25, 0.3) is 0 Å². The van der Waals surface area contributed by atoms with Crippen LogP contribution in [-0.4, -0.2) is 34.7 Å². The van der Waals surface area contributed by atoms with E-state index in [4.69, 9.17) is 22.7 Å². The van der Waals surface area contributed by atoms with Gasteiger partial charge in [0.15, 0.2) is 5.11 Å². The van der Waals surface area contributed by atoms with Gasteiger partial charge in [0, 0.05) is 18.8 Å². The Morgan fingerprint density at radius 2 is 2.04 bits per heavy atom. The number of nitrogens with one attached hydrogen (secondary N) is 1. The highest BCUT2D eigenvalue weighted by Crippen LogP contribution is 2.25. The molecule has 0 unspecified atom stereocenters. The maximum atomic E-state index is 11.7. The van der Waals surface area contributed by atoms with Gasteiger partial charge >= 0.3 is 6.09 Å². The summed E-state index contributed by atoms with van der Waals surface area (Å²) in [6.07, 6.45) is 1.16. The summed E-state index contributed by atoms with van der Waals surface area (Å²) in [6, 6.07) is 11.6. The van der Waals surface area contributed by atoms with E-state index in [1.165, 1.54) is 11.9 Å². The molecule has 6 nitrogen and oxygen atoms in total. The number of pyridine rings is 1. The van der Waals surface area contributed by atoms with Crippen molar-refractivity contribution in [1.82, 2.24) is 9.88 Å². The molecule has 23 heavy (non-hydrogen) atoms. The molecule has 3 N–H and O–H groups in total. The van der Waals surface area contributed by atoms with E-state index in [9.17, 15) is 4.79 Å². The SMILES string of the molecule is CCOC(=O)N(C)C(=S)Nc1cc(-c2ccccc2)cnc1N. The van der Waals surface area contributed by atoms with Gasteiger partial charge in [0.05, 0.1) is 12.3 Å². The third-order valence-electron chi connectivity index (χ3n) is 3.11. The summed E-state index contributed by atoms with van der Waals surface area (Å²) in [5, 5.41) is 3.11. The lowest BCUT2D eigenvalue weighted by molar-refractivity contribution is 0.134. The predicted molar refractivity (Wildman–Crippen MR) is 95.1 cm³/mol. The zero-order valence-electron chi connectivity index (χ0n) is 12.9. The second kappa shape index (κ2) is 7.55. The average Bonchev–Trinajstić information content (AvgIpc) is 2.57. The standard InChI is InChI=1S/C16H18N4O2S/c1-3-22-16(21)20(2)15(23)19-13-9-12(10-18-14(13)17)11-7-5-4-6-8-11/h4-10H,3H2,1-2H3,(H2,17,18)(H,19,23). The van der Waals surface area contributed by atoms with E-state index in [1.54, 1.807) is 13.1 Å². The highest BCUT2D eigenvalue weighted by molar-refractivity contribution is 7.80. The second-order valence-corrected chi connectivity index (χ2v) is 5.10. The molecular formula is C16H18N4O2S. The lowest BCUT2D eigenvalue weighted by Crippen LogP contribution is -2.37. The van der Waals surface area contributed by atoms with Crippen LogP contribution >= 0.6 is 12.2 Å². The maximum absolute atomic E-state index is 11.7. The summed E-state index contributed by atoms with van der Waals surface area (Å²) in [4.78, 5) is 17.0. The third-order valence-corrected chi connectivity index (χ3v) is 3.49. The van der Waals surface area contributed by atoms with Gasteiger partial charge in [-0.05, 0) is 30.8 Å². The molecule has 0 atom stereocenters. The van der Waals surface area contributed by atoms with Gasteiger partial charge in [-0.3, -0.25) is 4.90 Å². The van der Waals surface area contributed by atoms with Crippen LogP contribution in [0.25, 0.3) is 11.1 Å². The van der Waals surface area contributed by atoms with E-state index in [0.717, 1.165) is 11.1 Å². The van der Waals surface area contributed by atoms with Crippen molar-refractivity contribution in [3.05, 3.63) is 42.6 Å². The molecule has 2 aromatic rings. The molecule has 7 heteroatoms. The number of ether oxygens (including phenoxy) is 1. The number of thiocarbonyl (C=S) groups is 1. The molecule has 0 radical (unpaired) electrons. The highest BCUT2D eigenvalue weighted by Gasteiger charge is 2.15. The minimum Gasteiger partial charge on any atom is -0.449 e. The van der Waals surface area contributed by atoms with E-state index in [2.05, 4.69) is 10.3 Å². The van der Waals surface area contributed by atoms with Gasteiger partial charge in [-0.1, -0.05) is 30.3 Å². The number of nitrogens with two attached hydrogens (primary N) is 1. The van der Waals surface area contributed by atoms with Gasteiger partial charge in [0.2, 0.25) is 0 Å². The van der Waals surface area contributed by atoms with Gasteiger partial charge in [-0.25, -0.2) is 9.78 Å². The topological polar surface area (TPSA) is 80.5 Å². The molecule has 1 aromatic heterocycles. The number of aromatic nitrogens is 1. The summed E-state index contributed by atoms with van der Waals surface area (Å²) >= 11 is 5.20. The zero-order chi connectivity index (χ0) is 16.8. The van der Waals surface area contributed by atoms with Crippen LogP contribution < -0.4 is 11.1 Å². The molecule has 0 aliphatic rings. The Balaban J connectivity index is 2.20. The van der Waals surface area contributed by atoms with Crippen molar-refractivity contribution in [3.63, 3.8) is 0 Å². The Morgan fingerprint density at radius 1 is 1.35 bits per heavy atom. The van der Waals surface area contributed by atoms with Gasteiger partial charge in [-0.2, -0.15) is 0 Å². The van der Waals surface area contributed by atoms with Crippen molar-refractivity contribution in [2.24, 2.45) is 0 Å². The molecule has 1 aromatic carbocycles. The number of carbonyl (C=O) groups excluding carboxylic acids is 1. The minimum atomic E-state index is -0.532. The highest BCUT2D eigenvalue weighted by atomic mass is 32.1. The number of hydrogen-bond donors (Lipinski definition) is 2. The molecule has 0 fully saturated rings. The van der Waals surface area contributed by atoms with E-state index in [-0.39, 0.29) is 11.7 Å². The van der Waals surface area contributed by atoms with Crippen molar-refractivity contribution >= 4 is 34.9 Å². The van der Waals surface area contributed by atoms with E-state index in [1.807, 2.05) is 36.4 Å². The summed E-state index contributed by atoms with van der Waals surface area (Å²) in [6.45, 7) is 2.01. The number of rotatable bonds is 3. The van der Waals surface area contributed by atoms with Crippen molar-refractivity contribution in [1.29, 1.82) is 0 Å². The molecule has 0 spiro atoms.